The SMILES string of the molecule is Cc1cccc(CN(C)C(CN)c2ccc(Cl)cc2Br)n1. The first-order valence-electron chi connectivity index (χ1n) is 6.79. The first-order chi connectivity index (χ1) is 10.0. The van der Waals surface area contributed by atoms with E-state index in [-0.39, 0.29) is 6.04 Å². The van der Waals surface area contributed by atoms with E-state index in [1.54, 1.807) is 0 Å². The Hall–Kier alpha value is -0.940. The van der Waals surface area contributed by atoms with Crippen LogP contribution in [0.15, 0.2) is 40.9 Å². The Morgan fingerprint density at radius 1 is 1.33 bits per heavy atom. The van der Waals surface area contributed by atoms with Gasteiger partial charge in [0, 0.05) is 34.3 Å². The van der Waals surface area contributed by atoms with Crippen LogP contribution in [0.4, 0.5) is 0 Å². The fourth-order valence-corrected chi connectivity index (χ4v) is 3.32. The van der Waals surface area contributed by atoms with Gasteiger partial charge in [-0.1, -0.05) is 39.7 Å². The maximum absolute atomic E-state index is 6.01. The van der Waals surface area contributed by atoms with Gasteiger partial charge in [-0.25, -0.2) is 0 Å². The molecular weight excluding hydrogens is 350 g/mol. The second-order valence-corrected chi connectivity index (χ2v) is 6.39. The summed E-state index contributed by atoms with van der Waals surface area (Å²) in [7, 11) is 2.06. The van der Waals surface area contributed by atoms with Crippen molar-refractivity contribution >= 4 is 27.5 Å². The highest BCUT2D eigenvalue weighted by Crippen LogP contribution is 2.29. The predicted molar refractivity (Wildman–Crippen MR) is 91.4 cm³/mol. The largest absolute Gasteiger partial charge is 0.329 e. The van der Waals surface area contributed by atoms with Crippen LogP contribution < -0.4 is 5.73 Å². The van der Waals surface area contributed by atoms with E-state index in [0.717, 1.165) is 28.0 Å². The van der Waals surface area contributed by atoms with Gasteiger partial charge in [-0.3, -0.25) is 9.88 Å². The van der Waals surface area contributed by atoms with Gasteiger partial charge in [0.25, 0.3) is 0 Å². The van der Waals surface area contributed by atoms with Crippen LogP contribution in [-0.2, 0) is 6.54 Å². The van der Waals surface area contributed by atoms with Gasteiger partial charge in [0.05, 0.1) is 5.69 Å². The molecule has 0 radical (unpaired) electrons. The second kappa shape index (κ2) is 7.36. The van der Waals surface area contributed by atoms with E-state index in [4.69, 9.17) is 17.3 Å². The molecule has 1 aromatic heterocycles. The number of hydrogen-bond donors (Lipinski definition) is 1. The Morgan fingerprint density at radius 3 is 2.71 bits per heavy atom. The molecule has 0 saturated carbocycles. The molecule has 2 N–H and O–H groups in total. The fraction of sp³-hybridized carbons (Fsp3) is 0.312. The number of aryl methyl sites for hydroxylation is 1. The fourth-order valence-electron chi connectivity index (χ4n) is 2.37. The first kappa shape index (κ1) is 16.4. The van der Waals surface area contributed by atoms with Crippen LogP contribution in [0.5, 0.6) is 0 Å². The smallest absolute Gasteiger partial charge is 0.0547 e. The summed E-state index contributed by atoms with van der Waals surface area (Å²) in [5.41, 5.74) is 9.18. The highest BCUT2D eigenvalue weighted by atomic mass is 79.9. The van der Waals surface area contributed by atoms with Gasteiger partial charge < -0.3 is 5.73 Å². The molecule has 112 valence electrons. The number of halogens is 2. The van der Waals surface area contributed by atoms with Crippen molar-refractivity contribution in [3.8, 4) is 0 Å². The minimum atomic E-state index is 0.110. The Labute approximate surface area is 139 Å². The molecule has 2 aromatic rings. The summed E-state index contributed by atoms with van der Waals surface area (Å²) in [6.07, 6.45) is 0. The molecule has 1 aromatic carbocycles. The highest BCUT2D eigenvalue weighted by molar-refractivity contribution is 9.10. The van der Waals surface area contributed by atoms with Crippen molar-refractivity contribution in [2.45, 2.75) is 19.5 Å². The van der Waals surface area contributed by atoms with Gasteiger partial charge in [-0.05, 0) is 43.8 Å². The molecule has 3 nitrogen and oxygen atoms in total. The summed E-state index contributed by atoms with van der Waals surface area (Å²) in [5, 5.41) is 0.712. The van der Waals surface area contributed by atoms with Crippen molar-refractivity contribution in [3.63, 3.8) is 0 Å². The van der Waals surface area contributed by atoms with Gasteiger partial charge in [-0.2, -0.15) is 0 Å². The molecule has 5 heteroatoms. The third-order valence-corrected chi connectivity index (χ3v) is 4.36. The summed E-state index contributed by atoms with van der Waals surface area (Å²) >= 11 is 9.58. The Kier molecular flexibility index (Phi) is 5.76. The van der Waals surface area contributed by atoms with Crippen molar-refractivity contribution in [2.24, 2.45) is 5.73 Å². The Morgan fingerprint density at radius 2 is 2.10 bits per heavy atom. The molecule has 0 amide bonds. The molecule has 0 bridgehead atoms. The molecule has 0 aliphatic carbocycles. The van der Waals surface area contributed by atoms with E-state index in [2.05, 4.69) is 32.9 Å². The Bertz CT molecular complexity index is 618. The van der Waals surface area contributed by atoms with E-state index < -0.39 is 0 Å². The van der Waals surface area contributed by atoms with Crippen molar-refractivity contribution in [1.29, 1.82) is 0 Å². The van der Waals surface area contributed by atoms with Crippen molar-refractivity contribution in [3.05, 3.63) is 62.8 Å². The molecule has 0 saturated heterocycles. The maximum Gasteiger partial charge on any atom is 0.0547 e. The van der Waals surface area contributed by atoms with Crippen LogP contribution in [0.1, 0.15) is 23.0 Å². The lowest BCUT2D eigenvalue weighted by Crippen LogP contribution is -2.30. The number of pyridine rings is 1. The summed E-state index contributed by atoms with van der Waals surface area (Å²) in [4.78, 5) is 6.75. The van der Waals surface area contributed by atoms with Crippen LogP contribution in [0.2, 0.25) is 5.02 Å². The Balaban J connectivity index is 2.20. The van der Waals surface area contributed by atoms with E-state index in [1.165, 1.54) is 0 Å². The normalized spacial score (nSPS) is 12.7. The number of aromatic nitrogens is 1. The van der Waals surface area contributed by atoms with Gasteiger partial charge in [0.2, 0.25) is 0 Å². The minimum Gasteiger partial charge on any atom is -0.329 e. The van der Waals surface area contributed by atoms with Crippen molar-refractivity contribution in [1.82, 2.24) is 9.88 Å². The molecule has 1 atom stereocenters. The van der Waals surface area contributed by atoms with Crippen LogP contribution in [0.25, 0.3) is 0 Å². The highest BCUT2D eigenvalue weighted by Gasteiger charge is 2.18. The zero-order valence-electron chi connectivity index (χ0n) is 12.2. The van der Waals surface area contributed by atoms with E-state index in [1.807, 2.05) is 43.3 Å². The summed E-state index contributed by atoms with van der Waals surface area (Å²) in [6.45, 7) is 3.28. The van der Waals surface area contributed by atoms with Crippen LogP contribution >= 0.6 is 27.5 Å². The predicted octanol–water partition coefficient (Wildman–Crippen LogP) is 3.94. The van der Waals surface area contributed by atoms with Gasteiger partial charge in [0.1, 0.15) is 0 Å². The number of nitrogens with two attached hydrogens (primary N) is 1. The number of benzene rings is 1. The lowest BCUT2D eigenvalue weighted by molar-refractivity contribution is 0.238. The zero-order chi connectivity index (χ0) is 15.4. The second-order valence-electron chi connectivity index (χ2n) is 5.10. The molecule has 21 heavy (non-hydrogen) atoms. The third-order valence-electron chi connectivity index (χ3n) is 3.43. The lowest BCUT2D eigenvalue weighted by Gasteiger charge is -2.28. The van der Waals surface area contributed by atoms with Gasteiger partial charge in [-0.15, -0.1) is 0 Å². The summed E-state index contributed by atoms with van der Waals surface area (Å²) in [6, 6.07) is 12.0. The first-order valence-corrected chi connectivity index (χ1v) is 7.96. The van der Waals surface area contributed by atoms with Gasteiger partial charge >= 0.3 is 0 Å². The molecule has 0 aliphatic heterocycles. The van der Waals surface area contributed by atoms with Crippen LogP contribution in [0.3, 0.4) is 0 Å². The monoisotopic (exact) mass is 367 g/mol. The third kappa shape index (κ3) is 4.27. The number of rotatable bonds is 5. The average Bonchev–Trinajstić information content (AvgIpc) is 2.42. The molecule has 0 spiro atoms. The van der Waals surface area contributed by atoms with E-state index in [9.17, 15) is 0 Å². The topological polar surface area (TPSA) is 42.1 Å². The van der Waals surface area contributed by atoms with Crippen molar-refractivity contribution < 1.29 is 0 Å². The van der Waals surface area contributed by atoms with E-state index >= 15 is 0 Å². The molecule has 1 unspecified atom stereocenters. The molecule has 2 rings (SSSR count). The average molecular weight is 369 g/mol. The molecule has 0 aliphatic rings. The van der Waals surface area contributed by atoms with Crippen LogP contribution in [-0.4, -0.2) is 23.5 Å². The lowest BCUT2D eigenvalue weighted by atomic mass is 10.1. The molecule has 0 fully saturated rings. The maximum atomic E-state index is 6.01. The standard InChI is InChI=1S/C16H19BrClN3/c1-11-4-3-5-13(20-11)10-21(2)16(9-19)14-7-6-12(18)8-15(14)17/h3-8,16H,9-10,19H2,1-2H3. The molecular formula is C16H19BrClN3. The number of likely N-dealkylation sites (N-methyl/N-ethyl adjacent to an activating group) is 1. The zero-order valence-corrected chi connectivity index (χ0v) is 14.5. The summed E-state index contributed by atoms with van der Waals surface area (Å²) < 4.78 is 0.981. The van der Waals surface area contributed by atoms with E-state index in [0.29, 0.717) is 11.6 Å². The molecule has 1 heterocycles. The summed E-state index contributed by atoms with van der Waals surface area (Å²) in [5.74, 6) is 0. The quantitative estimate of drug-likeness (QED) is 0.869. The van der Waals surface area contributed by atoms with Crippen LogP contribution in [0, 0.1) is 6.92 Å². The number of hydrogen-bond acceptors (Lipinski definition) is 3. The minimum absolute atomic E-state index is 0.110. The van der Waals surface area contributed by atoms with Crippen molar-refractivity contribution in [2.75, 3.05) is 13.6 Å². The van der Waals surface area contributed by atoms with Gasteiger partial charge in [0.15, 0.2) is 0 Å². The number of nitrogens with zero attached hydrogens (tertiary/aromatic N) is 2.